The molecular formula is C17H14N2O6S2. The highest BCUT2D eigenvalue weighted by atomic mass is 32.2. The predicted octanol–water partition coefficient (Wildman–Crippen LogP) is 2.65. The normalized spacial score (nSPS) is 11.6. The van der Waals surface area contributed by atoms with E-state index in [9.17, 15) is 13.2 Å². The molecule has 0 fully saturated rings. The van der Waals surface area contributed by atoms with Crippen molar-refractivity contribution in [2.75, 3.05) is 14.2 Å². The lowest BCUT2D eigenvalue weighted by molar-refractivity contribution is -0.134. The second kappa shape index (κ2) is 7.72. The zero-order valence-electron chi connectivity index (χ0n) is 14.3. The summed E-state index contributed by atoms with van der Waals surface area (Å²) < 4.78 is 48.4. The van der Waals surface area contributed by atoms with Crippen molar-refractivity contribution in [3.05, 3.63) is 48.0 Å². The van der Waals surface area contributed by atoms with Gasteiger partial charge in [0, 0.05) is 6.08 Å². The molecule has 0 aliphatic carbocycles. The van der Waals surface area contributed by atoms with Crippen LogP contribution in [-0.4, -0.2) is 37.4 Å². The minimum absolute atomic E-state index is 0.00732. The first-order valence-corrected chi connectivity index (χ1v) is 9.68. The van der Waals surface area contributed by atoms with Gasteiger partial charge in [-0.05, 0) is 35.9 Å². The molecule has 0 atom stereocenters. The van der Waals surface area contributed by atoms with Crippen LogP contribution < -0.4 is 8.92 Å². The quantitative estimate of drug-likeness (QED) is 0.350. The van der Waals surface area contributed by atoms with E-state index in [1.165, 1.54) is 44.6 Å². The Hall–Kier alpha value is -2.98. The van der Waals surface area contributed by atoms with Gasteiger partial charge in [0.2, 0.25) is 0 Å². The van der Waals surface area contributed by atoms with Gasteiger partial charge in [-0.15, -0.1) is 0 Å². The lowest BCUT2D eigenvalue weighted by Crippen LogP contribution is -2.11. The summed E-state index contributed by atoms with van der Waals surface area (Å²) in [7, 11) is -1.50. The summed E-state index contributed by atoms with van der Waals surface area (Å²) in [6.45, 7) is 0. The first-order chi connectivity index (χ1) is 12.9. The predicted molar refractivity (Wildman–Crippen MR) is 99.3 cm³/mol. The van der Waals surface area contributed by atoms with Gasteiger partial charge in [-0.25, -0.2) is 4.79 Å². The Morgan fingerprint density at radius 1 is 1.11 bits per heavy atom. The van der Waals surface area contributed by atoms with Crippen molar-refractivity contribution in [1.29, 1.82) is 0 Å². The topological polar surface area (TPSA) is 105 Å². The second-order valence-electron chi connectivity index (χ2n) is 5.19. The minimum Gasteiger partial charge on any atom is -0.493 e. The van der Waals surface area contributed by atoms with Crippen molar-refractivity contribution in [3.8, 4) is 11.5 Å². The second-order valence-corrected chi connectivity index (χ2v) is 7.24. The molecule has 0 unspecified atom stereocenters. The fourth-order valence-electron chi connectivity index (χ4n) is 2.24. The molecule has 0 spiro atoms. The van der Waals surface area contributed by atoms with Crippen molar-refractivity contribution >= 4 is 44.9 Å². The molecule has 3 aromatic rings. The summed E-state index contributed by atoms with van der Waals surface area (Å²) in [5, 5.41) is 0. The average Bonchev–Trinajstić information content (AvgIpc) is 3.15. The van der Waals surface area contributed by atoms with Crippen LogP contribution in [0.3, 0.4) is 0 Å². The number of ether oxygens (including phenoxy) is 2. The van der Waals surface area contributed by atoms with Gasteiger partial charge in [-0.2, -0.15) is 17.2 Å². The molecule has 0 aliphatic rings. The van der Waals surface area contributed by atoms with E-state index in [2.05, 4.69) is 13.5 Å². The number of methoxy groups -OCH3 is 2. The monoisotopic (exact) mass is 406 g/mol. The minimum atomic E-state index is -4.15. The van der Waals surface area contributed by atoms with Crippen molar-refractivity contribution in [2.45, 2.75) is 4.90 Å². The van der Waals surface area contributed by atoms with E-state index in [1.807, 2.05) is 0 Å². The van der Waals surface area contributed by atoms with E-state index >= 15 is 0 Å². The standard InChI is InChI=1S/C17H14N2O6S2/c1-23-14-10-11(7-9-16(20)24-2)6-8-13(14)25-27(21,22)15-5-3-4-12-17(15)19-26-18-12/h3-10H,1-2H3/b9-7+. The number of carbonyl (C=O) groups excluding carboxylic acids is 1. The molecule has 10 heteroatoms. The number of hydrogen-bond acceptors (Lipinski definition) is 9. The van der Waals surface area contributed by atoms with Gasteiger partial charge in [0.1, 0.15) is 15.9 Å². The number of rotatable bonds is 6. The van der Waals surface area contributed by atoms with Gasteiger partial charge in [0.15, 0.2) is 11.5 Å². The Morgan fingerprint density at radius 3 is 2.67 bits per heavy atom. The smallest absolute Gasteiger partial charge is 0.341 e. The number of hydrogen-bond donors (Lipinski definition) is 0. The highest BCUT2D eigenvalue weighted by Crippen LogP contribution is 2.32. The first kappa shape index (κ1) is 18.8. The lowest BCUT2D eigenvalue weighted by Gasteiger charge is -2.11. The van der Waals surface area contributed by atoms with Crippen LogP contribution in [0.2, 0.25) is 0 Å². The summed E-state index contributed by atoms with van der Waals surface area (Å²) in [4.78, 5) is 11.1. The van der Waals surface area contributed by atoms with E-state index in [4.69, 9.17) is 8.92 Å². The molecule has 1 heterocycles. The molecule has 3 rings (SSSR count). The molecule has 27 heavy (non-hydrogen) atoms. The highest BCUT2D eigenvalue weighted by molar-refractivity contribution is 7.87. The number of benzene rings is 2. The zero-order chi connectivity index (χ0) is 19.4. The Labute approximate surface area is 159 Å². The Balaban J connectivity index is 1.93. The number of fused-ring (bicyclic) bond motifs is 1. The van der Waals surface area contributed by atoms with E-state index < -0.39 is 16.1 Å². The van der Waals surface area contributed by atoms with Crippen LogP contribution in [0.25, 0.3) is 17.1 Å². The molecule has 0 radical (unpaired) electrons. The zero-order valence-corrected chi connectivity index (χ0v) is 15.9. The highest BCUT2D eigenvalue weighted by Gasteiger charge is 2.23. The van der Waals surface area contributed by atoms with Crippen molar-refractivity contribution < 1.29 is 26.9 Å². The van der Waals surface area contributed by atoms with Crippen LogP contribution in [-0.2, 0) is 19.6 Å². The summed E-state index contributed by atoms with van der Waals surface area (Å²) in [5.41, 5.74) is 1.33. The Bertz CT molecular complexity index is 1120. The van der Waals surface area contributed by atoms with Crippen LogP contribution in [0.15, 0.2) is 47.4 Å². The van der Waals surface area contributed by atoms with Crippen molar-refractivity contribution in [1.82, 2.24) is 8.75 Å². The van der Waals surface area contributed by atoms with Gasteiger partial charge in [-0.1, -0.05) is 12.1 Å². The fourth-order valence-corrected chi connectivity index (χ4v) is 3.94. The summed E-state index contributed by atoms with van der Waals surface area (Å²) >= 11 is 0.919. The maximum absolute atomic E-state index is 12.7. The summed E-state index contributed by atoms with van der Waals surface area (Å²) in [6.07, 6.45) is 2.75. The van der Waals surface area contributed by atoms with Crippen molar-refractivity contribution in [3.63, 3.8) is 0 Å². The Morgan fingerprint density at radius 2 is 1.93 bits per heavy atom. The molecule has 0 saturated heterocycles. The summed E-state index contributed by atoms with van der Waals surface area (Å²) in [6, 6.07) is 9.19. The third-order valence-corrected chi connectivity index (χ3v) is 5.33. The molecule has 0 aliphatic heterocycles. The molecular weight excluding hydrogens is 392 g/mol. The van der Waals surface area contributed by atoms with E-state index in [0.717, 1.165) is 11.7 Å². The molecule has 0 saturated carbocycles. The summed E-state index contributed by atoms with van der Waals surface area (Å²) in [5.74, 6) is -0.316. The van der Waals surface area contributed by atoms with Crippen LogP contribution in [0.5, 0.6) is 11.5 Å². The molecule has 0 amide bonds. The van der Waals surface area contributed by atoms with Crippen LogP contribution >= 0.6 is 11.7 Å². The fraction of sp³-hybridized carbons (Fsp3) is 0.118. The van der Waals surface area contributed by atoms with Gasteiger partial charge in [-0.3, -0.25) is 0 Å². The third-order valence-electron chi connectivity index (χ3n) is 3.52. The first-order valence-electron chi connectivity index (χ1n) is 7.54. The van der Waals surface area contributed by atoms with Crippen LogP contribution in [0, 0.1) is 0 Å². The molecule has 1 aromatic heterocycles. The lowest BCUT2D eigenvalue weighted by atomic mass is 10.2. The number of aromatic nitrogens is 2. The molecule has 0 N–H and O–H groups in total. The van der Waals surface area contributed by atoms with Gasteiger partial charge >= 0.3 is 16.1 Å². The number of carbonyl (C=O) groups is 1. The molecule has 140 valence electrons. The van der Waals surface area contributed by atoms with Crippen LogP contribution in [0.1, 0.15) is 5.56 Å². The molecule has 8 nitrogen and oxygen atoms in total. The maximum Gasteiger partial charge on any atom is 0.341 e. The average molecular weight is 406 g/mol. The van der Waals surface area contributed by atoms with Gasteiger partial charge in [0.05, 0.1) is 25.9 Å². The van der Waals surface area contributed by atoms with E-state index in [0.29, 0.717) is 11.1 Å². The SMILES string of the molecule is COC(=O)/C=C/c1ccc(OS(=O)(=O)c2cccc3nsnc23)c(OC)c1. The molecule has 2 aromatic carbocycles. The maximum atomic E-state index is 12.7. The van der Waals surface area contributed by atoms with Crippen LogP contribution in [0.4, 0.5) is 0 Å². The third kappa shape index (κ3) is 4.07. The molecule has 0 bridgehead atoms. The van der Waals surface area contributed by atoms with Gasteiger partial charge in [0.25, 0.3) is 0 Å². The Kier molecular flexibility index (Phi) is 5.38. The largest absolute Gasteiger partial charge is 0.493 e. The van der Waals surface area contributed by atoms with E-state index in [1.54, 1.807) is 18.2 Å². The van der Waals surface area contributed by atoms with Crippen molar-refractivity contribution in [2.24, 2.45) is 0 Å². The number of nitrogens with zero attached hydrogens (tertiary/aromatic N) is 2. The van der Waals surface area contributed by atoms with E-state index in [-0.39, 0.29) is 21.9 Å². The van der Waals surface area contributed by atoms with Gasteiger partial charge < -0.3 is 13.7 Å². The number of esters is 1.